The van der Waals surface area contributed by atoms with Crippen LogP contribution in [0.15, 0.2) is 4.99 Å². The summed E-state index contributed by atoms with van der Waals surface area (Å²) >= 11 is 1.43. The first-order chi connectivity index (χ1) is 17.0. The van der Waals surface area contributed by atoms with Gasteiger partial charge in [-0.1, -0.05) is 0 Å². The van der Waals surface area contributed by atoms with Crippen LogP contribution in [-0.2, 0) is 24.0 Å². The summed E-state index contributed by atoms with van der Waals surface area (Å²) < 4.78 is 0. The predicted molar refractivity (Wildman–Crippen MR) is 134 cm³/mol. The Hall–Kier alpha value is -3.07. The lowest BCUT2D eigenvalue weighted by molar-refractivity contribution is -0.143. The molecule has 1 saturated heterocycles. The second kappa shape index (κ2) is 16.6. The molecule has 0 radical (unpaired) electrons. The van der Waals surface area contributed by atoms with Crippen molar-refractivity contribution in [2.75, 3.05) is 25.1 Å². The molecular weight excluding hydrogens is 494 g/mol. The van der Waals surface area contributed by atoms with Gasteiger partial charge in [0.25, 0.3) is 0 Å². The third kappa shape index (κ3) is 12.1. The van der Waals surface area contributed by atoms with Gasteiger partial charge in [-0.2, -0.15) is 11.8 Å². The first kappa shape index (κ1) is 31.0. The van der Waals surface area contributed by atoms with E-state index in [4.69, 9.17) is 16.6 Å². The van der Waals surface area contributed by atoms with Gasteiger partial charge in [0, 0.05) is 13.0 Å². The van der Waals surface area contributed by atoms with Gasteiger partial charge in [0.2, 0.25) is 17.7 Å². The lowest BCUT2D eigenvalue weighted by atomic mass is 10.1. The summed E-state index contributed by atoms with van der Waals surface area (Å²) in [4.78, 5) is 64.7. The highest BCUT2D eigenvalue weighted by Crippen LogP contribution is 2.09. The van der Waals surface area contributed by atoms with Crippen LogP contribution in [0.1, 0.15) is 44.9 Å². The number of thioether (sulfide) groups is 1. The van der Waals surface area contributed by atoms with Crippen molar-refractivity contribution in [3.05, 3.63) is 0 Å². The lowest BCUT2D eigenvalue weighted by Crippen LogP contribution is -2.57. The van der Waals surface area contributed by atoms with E-state index in [1.165, 1.54) is 11.8 Å². The monoisotopic (exact) mass is 531 g/mol. The van der Waals surface area contributed by atoms with Crippen molar-refractivity contribution in [2.24, 2.45) is 16.5 Å². The lowest BCUT2D eigenvalue weighted by Gasteiger charge is -2.25. The minimum atomic E-state index is -1.43. The Bertz CT molecular complexity index is 801. The quantitative estimate of drug-likeness (QED) is 0.0577. The highest BCUT2D eigenvalue weighted by Gasteiger charge is 2.31. The third-order valence-electron chi connectivity index (χ3n) is 5.46. The number of carbonyl (C=O) groups excluding carboxylic acids is 3. The number of carboxylic acids is 2. The van der Waals surface area contributed by atoms with E-state index >= 15 is 0 Å². The average Bonchev–Trinajstić information content (AvgIpc) is 3.35. The molecule has 1 rings (SSSR count). The number of nitrogens with one attached hydrogen (secondary N) is 4. The van der Waals surface area contributed by atoms with Crippen LogP contribution in [0.3, 0.4) is 0 Å². The normalized spacial score (nSPS) is 17.3. The van der Waals surface area contributed by atoms with E-state index < -0.39 is 54.3 Å². The number of rotatable bonds is 17. The van der Waals surface area contributed by atoms with E-state index in [0.717, 1.165) is 6.42 Å². The van der Waals surface area contributed by atoms with Crippen molar-refractivity contribution in [1.29, 1.82) is 0 Å². The molecule has 0 bridgehead atoms. The summed E-state index contributed by atoms with van der Waals surface area (Å²) in [7, 11) is 0. The van der Waals surface area contributed by atoms with Crippen LogP contribution in [0.25, 0.3) is 0 Å². The smallest absolute Gasteiger partial charge is 0.326 e. The summed E-state index contributed by atoms with van der Waals surface area (Å²) in [5, 5.41) is 28.9. The molecule has 0 spiro atoms. The van der Waals surface area contributed by atoms with Crippen molar-refractivity contribution >= 4 is 47.4 Å². The van der Waals surface area contributed by atoms with Gasteiger partial charge >= 0.3 is 11.9 Å². The van der Waals surface area contributed by atoms with E-state index in [-0.39, 0.29) is 37.7 Å². The fraction of sp³-hybridized carbons (Fsp3) is 0.714. The second-order valence-electron chi connectivity index (χ2n) is 8.33. The molecule has 0 aromatic rings. The van der Waals surface area contributed by atoms with E-state index in [9.17, 15) is 29.1 Å². The van der Waals surface area contributed by atoms with E-state index in [0.29, 0.717) is 25.1 Å². The van der Waals surface area contributed by atoms with E-state index in [1.807, 2.05) is 6.26 Å². The van der Waals surface area contributed by atoms with Crippen LogP contribution < -0.4 is 32.7 Å². The molecule has 1 aliphatic heterocycles. The maximum absolute atomic E-state index is 13.1. The van der Waals surface area contributed by atoms with Crippen LogP contribution in [0.5, 0.6) is 0 Å². The molecule has 1 heterocycles. The Morgan fingerprint density at radius 1 is 1.00 bits per heavy atom. The number of carbonyl (C=O) groups is 5. The molecule has 0 aromatic heterocycles. The highest BCUT2D eigenvalue weighted by molar-refractivity contribution is 7.98. The first-order valence-electron chi connectivity index (χ1n) is 11.7. The number of hydrogen-bond acceptors (Lipinski definition) is 8. The Morgan fingerprint density at radius 2 is 1.64 bits per heavy atom. The number of amides is 3. The standard InChI is InChI=1S/C21H37N7O7S/c1-36-11-8-14(19(33)28-15(20(34)35)6-7-16(29)30)27-18(32)13(5-3-10-25-21(22)23)26-17(31)12-4-2-9-24-12/h12-15,24H,2-11H2,1H3,(H,26,31)(H,27,32)(H,28,33)(H,29,30)(H,34,35)(H4,22,23,25)/t12-,13-,14-,15-/m0/s1. The molecule has 0 unspecified atom stereocenters. The van der Waals surface area contributed by atoms with Gasteiger partial charge in [-0.3, -0.25) is 24.2 Å². The predicted octanol–water partition coefficient (Wildman–Crippen LogP) is -2.05. The molecule has 1 aliphatic rings. The summed E-state index contributed by atoms with van der Waals surface area (Å²) in [6.45, 7) is 0.937. The van der Waals surface area contributed by atoms with Crippen LogP contribution in [0.2, 0.25) is 0 Å². The van der Waals surface area contributed by atoms with Gasteiger partial charge in [0.1, 0.15) is 18.1 Å². The van der Waals surface area contributed by atoms with Gasteiger partial charge in [-0.05, 0) is 57.1 Å². The van der Waals surface area contributed by atoms with Gasteiger partial charge < -0.3 is 42.9 Å². The van der Waals surface area contributed by atoms with Crippen molar-refractivity contribution < 1.29 is 34.2 Å². The van der Waals surface area contributed by atoms with Crippen LogP contribution >= 0.6 is 11.8 Å². The van der Waals surface area contributed by atoms with Gasteiger partial charge in [0.05, 0.1) is 6.04 Å². The molecule has 4 atom stereocenters. The summed E-state index contributed by atoms with van der Waals surface area (Å²) in [5.41, 5.74) is 10.7. The van der Waals surface area contributed by atoms with Crippen molar-refractivity contribution in [2.45, 2.75) is 69.1 Å². The molecular formula is C21H37N7O7S. The molecule has 0 saturated carbocycles. The summed E-state index contributed by atoms with van der Waals surface area (Å²) in [6.07, 6.45) is 3.31. The van der Waals surface area contributed by atoms with E-state index in [1.54, 1.807) is 0 Å². The maximum Gasteiger partial charge on any atom is 0.326 e. The Morgan fingerprint density at radius 3 is 2.17 bits per heavy atom. The minimum Gasteiger partial charge on any atom is -0.481 e. The van der Waals surface area contributed by atoms with E-state index in [2.05, 4.69) is 26.3 Å². The number of aliphatic imine (C=N–C) groups is 1. The molecule has 15 heteroatoms. The minimum absolute atomic E-state index is 0.0973. The molecule has 0 aromatic carbocycles. The van der Waals surface area contributed by atoms with Crippen LogP contribution in [-0.4, -0.2) is 95.1 Å². The number of carboxylic acid groups (broad SMARTS) is 2. The van der Waals surface area contributed by atoms with Gasteiger partial charge in [0.15, 0.2) is 5.96 Å². The Labute approximate surface area is 213 Å². The maximum atomic E-state index is 13.1. The zero-order valence-corrected chi connectivity index (χ0v) is 21.1. The number of nitrogens with zero attached hydrogens (tertiary/aromatic N) is 1. The molecule has 36 heavy (non-hydrogen) atoms. The summed E-state index contributed by atoms with van der Waals surface area (Å²) in [6, 6.07) is -3.90. The molecule has 0 aliphatic carbocycles. The molecule has 14 nitrogen and oxygen atoms in total. The molecule has 10 N–H and O–H groups in total. The number of nitrogens with two attached hydrogens (primary N) is 2. The van der Waals surface area contributed by atoms with Crippen LogP contribution in [0, 0.1) is 0 Å². The molecule has 3 amide bonds. The fourth-order valence-corrected chi connectivity index (χ4v) is 4.00. The second-order valence-corrected chi connectivity index (χ2v) is 9.32. The van der Waals surface area contributed by atoms with Gasteiger partial charge in [-0.15, -0.1) is 0 Å². The number of hydrogen-bond donors (Lipinski definition) is 8. The van der Waals surface area contributed by atoms with Crippen molar-refractivity contribution in [3.63, 3.8) is 0 Å². The average molecular weight is 532 g/mol. The Balaban J connectivity index is 2.93. The van der Waals surface area contributed by atoms with Gasteiger partial charge in [-0.25, -0.2) is 4.79 Å². The first-order valence-corrected chi connectivity index (χ1v) is 13.1. The summed E-state index contributed by atoms with van der Waals surface area (Å²) in [5.74, 6) is -3.88. The topological polar surface area (TPSA) is 238 Å². The SMILES string of the molecule is CSCC[C@H](NC(=O)[C@H](CCCN=C(N)N)NC(=O)[C@@H]1CCCN1)C(=O)N[C@@H](CCC(=O)O)C(=O)O. The number of guanidine groups is 1. The number of aliphatic carboxylic acids is 2. The largest absolute Gasteiger partial charge is 0.481 e. The van der Waals surface area contributed by atoms with Crippen LogP contribution in [0.4, 0.5) is 0 Å². The molecule has 204 valence electrons. The highest BCUT2D eigenvalue weighted by atomic mass is 32.2. The van der Waals surface area contributed by atoms with Crippen molar-refractivity contribution in [1.82, 2.24) is 21.3 Å². The van der Waals surface area contributed by atoms with Crippen molar-refractivity contribution in [3.8, 4) is 0 Å². The zero-order valence-electron chi connectivity index (χ0n) is 20.3. The Kier molecular flexibility index (Phi) is 14.3. The zero-order chi connectivity index (χ0) is 27.1. The fourth-order valence-electron chi connectivity index (χ4n) is 3.53. The third-order valence-corrected chi connectivity index (χ3v) is 6.10. The molecule has 1 fully saturated rings.